The maximum absolute atomic E-state index is 13.1. The summed E-state index contributed by atoms with van der Waals surface area (Å²) in [5.74, 6) is -1.50. The maximum Gasteiger partial charge on any atom is 0.340 e. The summed E-state index contributed by atoms with van der Waals surface area (Å²) >= 11 is 0.876. The summed E-state index contributed by atoms with van der Waals surface area (Å²) in [5.41, 5.74) is 0.197. The molecule has 1 aromatic carbocycles. The first-order chi connectivity index (χ1) is 13.3. The second-order valence-electron chi connectivity index (χ2n) is 5.53. The van der Waals surface area contributed by atoms with Crippen LogP contribution < -0.4 is 5.32 Å². The molecular weight excluding hydrogens is 406 g/mol. The van der Waals surface area contributed by atoms with Crippen molar-refractivity contribution >= 4 is 50.2 Å². The van der Waals surface area contributed by atoms with Crippen LogP contribution >= 0.6 is 11.3 Å². The van der Waals surface area contributed by atoms with E-state index < -0.39 is 21.9 Å². The molecule has 0 saturated carbocycles. The van der Waals surface area contributed by atoms with Gasteiger partial charge in [0.05, 0.1) is 11.1 Å². The van der Waals surface area contributed by atoms with Crippen LogP contribution in [0.1, 0.15) is 22.3 Å². The predicted octanol–water partition coefficient (Wildman–Crippen LogP) is 1.73. The standard InChI is InChI=1S/C16H15N5O5S2/c1-4-8-26-14(23)11-6-5-7-12-13(11)18-15(17-9(2)22)21(12)28(24,25)16-20-19-10(3)27-16/h4-7H,1,8H2,2-3H3,(H,17,18,22). The molecule has 1 amide bonds. The second-order valence-corrected chi connectivity index (χ2v) is 8.68. The average molecular weight is 421 g/mol. The number of amides is 1. The Bertz CT molecular complexity index is 1200. The van der Waals surface area contributed by atoms with E-state index in [9.17, 15) is 18.0 Å². The Kier molecular flexibility index (Phi) is 5.25. The highest BCUT2D eigenvalue weighted by Crippen LogP contribution is 2.29. The van der Waals surface area contributed by atoms with Crippen molar-refractivity contribution in [3.8, 4) is 0 Å². The van der Waals surface area contributed by atoms with Crippen molar-refractivity contribution in [3.63, 3.8) is 0 Å². The van der Waals surface area contributed by atoms with E-state index in [1.54, 1.807) is 6.92 Å². The number of nitrogens with one attached hydrogen (secondary N) is 1. The van der Waals surface area contributed by atoms with Gasteiger partial charge in [-0.05, 0) is 19.1 Å². The van der Waals surface area contributed by atoms with Crippen molar-refractivity contribution in [2.24, 2.45) is 0 Å². The number of imidazole rings is 1. The molecule has 0 aliphatic heterocycles. The Morgan fingerprint density at radius 2 is 2.11 bits per heavy atom. The minimum absolute atomic E-state index is 0.0170. The number of para-hydroxylation sites is 1. The predicted molar refractivity (Wildman–Crippen MR) is 102 cm³/mol. The van der Waals surface area contributed by atoms with Crippen LogP contribution in [0.5, 0.6) is 0 Å². The van der Waals surface area contributed by atoms with Crippen LogP contribution in [0.4, 0.5) is 5.95 Å². The summed E-state index contributed by atoms with van der Waals surface area (Å²) in [6.07, 6.45) is 1.40. The molecule has 1 N–H and O–H groups in total. The number of hydrogen-bond acceptors (Lipinski definition) is 9. The number of fused-ring (bicyclic) bond motifs is 1. The molecule has 0 saturated heterocycles. The monoisotopic (exact) mass is 421 g/mol. The van der Waals surface area contributed by atoms with Crippen molar-refractivity contribution in [1.82, 2.24) is 19.2 Å². The summed E-state index contributed by atoms with van der Waals surface area (Å²) < 4.78 is 31.8. The quantitative estimate of drug-likeness (QED) is 0.470. The van der Waals surface area contributed by atoms with E-state index in [4.69, 9.17) is 4.74 Å². The molecule has 10 nitrogen and oxygen atoms in total. The Balaban J connectivity index is 2.27. The molecule has 0 radical (unpaired) electrons. The van der Waals surface area contributed by atoms with Crippen LogP contribution in [0.15, 0.2) is 35.2 Å². The number of ether oxygens (including phenoxy) is 1. The molecule has 0 unspecified atom stereocenters. The lowest BCUT2D eigenvalue weighted by molar-refractivity contribution is -0.114. The second kappa shape index (κ2) is 7.48. The highest BCUT2D eigenvalue weighted by molar-refractivity contribution is 7.92. The van der Waals surface area contributed by atoms with Gasteiger partial charge in [-0.2, -0.15) is 12.4 Å². The number of carbonyl (C=O) groups is 2. The van der Waals surface area contributed by atoms with Gasteiger partial charge in [-0.25, -0.2) is 9.78 Å². The minimum Gasteiger partial charge on any atom is -0.458 e. The van der Waals surface area contributed by atoms with Gasteiger partial charge in [-0.3, -0.25) is 10.1 Å². The van der Waals surface area contributed by atoms with Gasteiger partial charge in [0.15, 0.2) is 0 Å². The van der Waals surface area contributed by atoms with Gasteiger partial charge >= 0.3 is 5.97 Å². The van der Waals surface area contributed by atoms with Crippen molar-refractivity contribution in [2.45, 2.75) is 18.2 Å². The number of benzene rings is 1. The molecule has 0 fully saturated rings. The molecule has 2 aromatic heterocycles. The van der Waals surface area contributed by atoms with Crippen LogP contribution in [-0.4, -0.2) is 46.1 Å². The highest BCUT2D eigenvalue weighted by Gasteiger charge is 2.30. The van der Waals surface area contributed by atoms with E-state index >= 15 is 0 Å². The van der Waals surface area contributed by atoms with Crippen LogP contribution in [0, 0.1) is 6.92 Å². The van der Waals surface area contributed by atoms with Crippen molar-refractivity contribution in [2.75, 3.05) is 11.9 Å². The van der Waals surface area contributed by atoms with Gasteiger partial charge in [0.2, 0.25) is 11.9 Å². The molecule has 0 aliphatic rings. The summed E-state index contributed by atoms with van der Waals surface area (Å²) in [4.78, 5) is 28.1. The Morgan fingerprint density at radius 1 is 1.36 bits per heavy atom. The Morgan fingerprint density at radius 3 is 2.71 bits per heavy atom. The van der Waals surface area contributed by atoms with Gasteiger partial charge in [-0.1, -0.05) is 30.1 Å². The zero-order valence-electron chi connectivity index (χ0n) is 14.9. The fourth-order valence-electron chi connectivity index (χ4n) is 2.40. The molecule has 0 spiro atoms. The van der Waals surface area contributed by atoms with Crippen LogP contribution in [0.25, 0.3) is 11.0 Å². The third kappa shape index (κ3) is 3.51. The van der Waals surface area contributed by atoms with Crippen molar-refractivity contribution in [3.05, 3.63) is 41.4 Å². The molecule has 2 heterocycles. The topological polar surface area (TPSA) is 133 Å². The number of carbonyl (C=O) groups excluding carboxylic acids is 2. The third-order valence-electron chi connectivity index (χ3n) is 3.45. The van der Waals surface area contributed by atoms with Crippen LogP contribution in [-0.2, 0) is 19.6 Å². The summed E-state index contributed by atoms with van der Waals surface area (Å²) in [5, 5.41) is 10.2. The SMILES string of the molecule is C=CCOC(=O)c1cccc2c1nc(NC(C)=O)n2S(=O)(=O)c1nnc(C)s1. The summed E-state index contributed by atoms with van der Waals surface area (Å²) in [7, 11) is -4.22. The Hall–Kier alpha value is -3.12. The third-order valence-corrected chi connectivity index (χ3v) is 6.34. The lowest BCUT2D eigenvalue weighted by atomic mass is 10.2. The zero-order valence-corrected chi connectivity index (χ0v) is 16.5. The first kappa shape index (κ1) is 19.6. The highest BCUT2D eigenvalue weighted by atomic mass is 32.2. The largest absolute Gasteiger partial charge is 0.458 e. The summed E-state index contributed by atoms with van der Waals surface area (Å²) in [6, 6.07) is 4.40. The van der Waals surface area contributed by atoms with E-state index in [1.807, 2.05) is 0 Å². The Labute approximate surface area is 163 Å². The van der Waals surface area contributed by atoms with Crippen molar-refractivity contribution < 1.29 is 22.7 Å². The van der Waals surface area contributed by atoms with Crippen LogP contribution in [0.3, 0.4) is 0 Å². The van der Waals surface area contributed by atoms with E-state index in [2.05, 4.69) is 27.1 Å². The number of anilines is 1. The smallest absolute Gasteiger partial charge is 0.340 e. The first-order valence-corrected chi connectivity index (χ1v) is 10.1. The molecule has 0 aliphatic carbocycles. The molecule has 28 heavy (non-hydrogen) atoms. The minimum atomic E-state index is -4.22. The number of nitrogens with zero attached hydrogens (tertiary/aromatic N) is 4. The fraction of sp³-hybridized carbons (Fsp3) is 0.188. The van der Waals surface area contributed by atoms with Crippen molar-refractivity contribution in [1.29, 1.82) is 0 Å². The lowest BCUT2D eigenvalue weighted by Gasteiger charge is -2.08. The number of aromatic nitrogens is 4. The van der Waals surface area contributed by atoms with E-state index in [0.717, 1.165) is 15.3 Å². The summed E-state index contributed by atoms with van der Waals surface area (Å²) in [6.45, 7) is 6.28. The molecule has 0 atom stereocenters. The van der Waals surface area contributed by atoms with E-state index in [-0.39, 0.29) is 33.5 Å². The van der Waals surface area contributed by atoms with Crippen LogP contribution in [0.2, 0.25) is 0 Å². The molecule has 0 bridgehead atoms. The maximum atomic E-state index is 13.1. The molecular formula is C16H15N5O5S2. The molecule has 3 aromatic rings. The lowest BCUT2D eigenvalue weighted by Crippen LogP contribution is -2.18. The number of rotatable bonds is 6. The van der Waals surface area contributed by atoms with Gasteiger partial charge in [0, 0.05) is 6.92 Å². The molecule has 146 valence electrons. The number of aryl methyl sites for hydroxylation is 1. The fourth-order valence-corrected chi connectivity index (χ4v) is 4.84. The molecule has 12 heteroatoms. The number of hydrogen-bond donors (Lipinski definition) is 1. The van der Waals surface area contributed by atoms with Gasteiger partial charge in [0.1, 0.15) is 17.1 Å². The number of esters is 1. The first-order valence-electron chi connectivity index (χ1n) is 7.88. The zero-order chi connectivity index (χ0) is 20.5. The van der Waals surface area contributed by atoms with Gasteiger partial charge < -0.3 is 4.74 Å². The normalized spacial score (nSPS) is 11.4. The van der Waals surface area contributed by atoms with E-state index in [0.29, 0.717) is 5.01 Å². The molecule has 3 rings (SSSR count). The van der Waals surface area contributed by atoms with Gasteiger partial charge in [-0.15, -0.1) is 10.2 Å². The van der Waals surface area contributed by atoms with Gasteiger partial charge in [0.25, 0.3) is 14.4 Å². The van der Waals surface area contributed by atoms with E-state index in [1.165, 1.54) is 31.2 Å². The average Bonchev–Trinajstić information content (AvgIpc) is 3.22.